The number of piperazine rings is 1. The number of esters is 1. The van der Waals surface area contributed by atoms with Gasteiger partial charge in [0.2, 0.25) is 0 Å². The Hall–Kier alpha value is -3.42. The van der Waals surface area contributed by atoms with Crippen molar-refractivity contribution in [1.82, 2.24) is 4.90 Å². The Labute approximate surface area is 175 Å². The lowest BCUT2D eigenvalue weighted by Gasteiger charge is -2.36. The molecular weight excluding hydrogens is 386 g/mol. The fourth-order valence-corrected chi connectivity index (χ4v) is 3.53. The molecule has 1 saturated heterocycles. The Morgan fingerprint density at radius 1 is 1.03 bits per heavy atom. The molecule has 0 bridgehead atoms. The normalized spacial score (nSPS) is 14.0. The van der Waals surface area contributed by atoms with Gasteiger partial charge in [0.15, 0.2) is 0 Å². The van der Waals surface area contributed by atoms with Crippen molar-refractivity contribution >= 4 is 23.3 Å². The second kappa shape index (κ2) is 8.94. The van der Waals surface area contributed by atoms with Crippen LogP contribution in [0.4, 0.5) is 11.4 Å². The molecule has 158 valence electrons. The van der Waals surface area contributed by atoms with Gasteiger partial charge in [0.1, 0.15) is 0 Å². The molecule has 0 N–H and O–H groups in total. The van der Waals surface area contributed by atoms with Crippen molar-refractivity contribution in [1.29, 1.82) is 0 Å². The number of non-ortho nitro benzene ring substituents is 1. The van der Waals surface area contributed by atoms with E-state index in [-0.39, 0.29) is 17.2 Å². The van der Waals surface area contributed by atoms with Crippen LogP contribution in [0.2, 0.25) is 0 Å². The molecule has 0 atom stereocenters. The number of methoxy groups -OCH3 is 1. The van der Waals surface area contributed by atoms with E-state index >= 15 is 0 Å². The van der Waals surface area contributed by atoms with Crippen molar-refractivity contribution < 1.29 is 19.2 Å². The average Bonchev–Trinajstić information content (AvgIpc) is 2.77. The summed E-state index contributed by atoms with van der Waals surface area (Å²) in [6, 6.07) is 11.8. The van der Waals surface area contributed by atoms with Crippen molar-refractivity contribution in [3.63, 3.8) is 0 Å². The smallest absolute Gasteiger partial charge is 0.340 e. The summed E-state index contributed by atoms with van der Waals surface area (Å²) < 4.78 is 4.79. The molecule has 1 heterocycles. The van der Waals surface area contributed by atoms with E-state index in [0.29, 0.717) is 43.3 Å². The molecule has 1 amide bonds. The van der Waals surface area contributed by atoms with Gasteiger partial charge in [-0.25, -0.2) is 4.79 Å². The van der Waals surface area contributed by atoms with Crippen molar-refractivity contribution in [3.05, 3.63) is 69.3 Å². The molecule has 1 aliphatic rings. The van der Waals surface area contributed by atoms with Crippen molar-refractivity contribution in [2.45, 2.75) is 19.8 Å². The number of ether oxygens (including phenoxy) is 1. The van der Waals surface area contributed by atoms with Crippen molar-refractivity contribution in [3.8, 4) is 0 Å². The number of benzene rings is 2. The maximum absolute atomic E-state index is 12.8. The Kier molecular flexibility index (Phi) is 6.34. The van der Waals surface area contributed by atoms with Crippen LogP contribution >= 0.6 is 0 Å². The average molecular weight is 411 g/mol. The maximum Gasteiger partial charge on any atom is 0.340 e. The van der Waals surface area contributed by atoms with E-state index in [1.54, 1.807) is 11.0 Å². The Morgan fingerprint density at radius 3 is 2.20 bits per heavy atom. The van der Waals surface area contributed by atoms with E-state index in [0.717, 1.165) is 0 Å². The Bertz CT molecular complexity index is 948. The van der Waals surface area contributed by atoms with Gasteiger partial charge in [-0.1, -0.05) is 26.0 Å². The highest BCUT2D eigenvalue weighted by Gasteiger charge is 2.26. The van der Waals surface area contributed by atoms with Gasteiger partial charge in [-0.2, -0.15) is 0 Å². The van der Waals surface area contributed by atoms with E-state index in [4.69, 9.17) is 4.74 Å². The number of hydrogen-bond donors (Lipinski definition) is 0. The molecule has 0 unspecified atom stereocenters. The zero-order valence-corrected chi connectivity index (χ0v) is 17.3. The van der Waals surface area contributed by atoms with Crippen LogP contribution in [0.5, 0.6) is 0 Å². The molecule has 8 heteroatoms. The molecule has 2 aromatic rings. The number of carbonyl (C=O) groups is 2. The second-order valence-electron chi connectivity index (χ2n) is 7.51. The quantitative estimate of drug-likeness (QED) is 0.425. The van der Waals surface area contributed by atoms with E-state index < -0.39 is 10.9 Å². The highest BCUT2D eigenvalue weighted by molar-refractivity contribution is 5.97. The van der Waals surface area contributed by atoms with Gasteiger partial charge in [-0.05, 0) is 29.7 Å². The van der Waals surface area contributed by atoms with Crippen LogP contribution in [0.1, 0.15) is 46.0 Å². The second-order valence-corrected chi connectivity index (χ2v) is 7.51. The maximum atomic E-state index is 12.8. The van der Waals surface area contributed by atoms with Crippen LogP contribution in [0.3, 0.4) is 0 Å². The zero-order valence-electron chi connectivity index (χ0n) is 17.3. The third-order valence-corrected chi connectivity index (χ3v) is 5.33. The predicted octanol–water partition coefficient (Wildman–Crippen LogP) is 3.47. The van der Waals surface area contributed by atoms with Gasteiger partial charge in [0, 0.05) is 43.9 Å². The SMILES string of the molecule is COC(=O)c1cc([N+](=O)[O-])ccc1N1CCN(C(=O)c2ccc(C(C)C)cc2)CC1. The number of amides is 1. The Balaban J connectivity index is 1.73. The topological polar surface area (TPSA) is 93.0 Å². The summed E-state index contributed by atoms with van der Waals surface area (Å²) in [6.07, 6.45) is 0. The first-order valence-corrected chi connectivity index (χ1v) is 9.82. The molecule has 8 nitrogen and oxygen atoms in total. The van der Waals surface area contributed by atoms with Gasteiger partial charge in [-0.15, -0.1) is 0 Å². The molecule has 0 aromatic heterocycles. The van der Waals surface area contributed by atoms with Crippen LogP contribution in [-0.2, 0) is 4.74 Å². The molecular formula is C22H25N3O5. The number of hydrogen-bond acceptors (Lipinski definition) is 6. The lowest BCUT2D eigenvalue weighted by atomic mass is 10.0. The van der Waals surface area contributed by atoms with Crippen LogP contribution in [0.25, 0.3) is 0 Å². The molecule has 0 aliphatic carbocycles. The molecule has 0 saturated carbocycles. The van der Waals surface area contributed by atoms with Gasteiger partial charge in [0.05, 0.1) is 23.3 Å². The number of anilines is 1. The molecule has 2 aromatic carbocycles. The van der Waals surface area contributed by atoms with Gasteiger partial charge in [0.25, 0.3) is 11.6 Å². The third kappa shape index (κ3) is 4.42. The van der Waals surface area contributed by atoms with Gasteiger partial charge < -0.3 is 14.5 Å². The standard InChI is InChI=1S/C22H25N3O5/c1-15(2)16-4-6-17(7-5-16)21(26)24-12-10-23(11-13-24)20-9-8-18(25(28)29)14-19(20)22(27)30-3/h4-9,14-15H,10-13H2,1-3H3. The first-order chi connectivity index (χ1) is 14.3. The van der Waals surface area contributed by atoms with Gasteiger partial charge in [-0.3, -0.25) is 14.9 Å². The fourth-order valence-electron chi connectivity index (χ4n) is 3.53. The summed E-state index contributed by atoms with van der Waals surface area (Å²) in [5.41, 5.74) is 2.39. The number of nitro groups is 1. The lowest BCUT2D eigenvalue weighted by Crippen LogP contribution is -2.49. The minimum Gasteiger partial charge on any atom is -0.465 e. The summed E-state index contributed by atoms with van der Waals surface area (Å²) in [6.45, 7) is 6.22. The zero-order chi connectivity index (χ0) is 21.8. The van der Waals surface area contributed by atoms with E-state index in [9.17, 15) is 19.7 Å². The molecule has 3 rings (SSSR count). The predicted molar refractivity (Wildman–Crippen MR) is 113 cm³/mol. The largest absolute Gasteiger partial charge is 0.465 e. The number of carbonyl (C=O) groups excluding carboxylic acids is 2. The van der Waals surface area contributed by atoms with Gasteiger partial charge >= 0.3 is 5.97 Å². The van der Waals surface area contributed by atoms with Crippen LogP contribution < -0.4 is 4.90 Å². The fraction of sp³-hybridized carbons (Fsp3) is 0.364. The summed E-state index contributed by atoms with van der Waals surface area (Å²) in [7, 11) is 1.24. The number of nitro benzene ring substituents is 1. The first kappa shape index (κ1) is 21.3. The summed E-state index contributed by atoms with van der Waals surface area (Å²) in [4.78, 5) is 39.2. The number of nitrogens with zero attached hydrogens (tertiary/aromatic N) is 3. The van der Waals surface area contributed by atoms with E-state index in [1.807, 2.05) is 29.2 Å². The van der Waals surface area contributed by atoms with Crippen LogP contribution in [-0.4, -0.2) is 55.0 Å². The third-order valence-electron chi connectivity index (χ3n) is 5.33. The van der Waals surface area contributed by atoms with Crippen molar-refractivity contribution in [2.75, 3.05) is 38.2 Å². The van der Waals surface area contributed by atoms with Crippen molar-refractivity contribution in [2.24, 2.45) is 0 Å². The summed E-state index contributed by atoms with van der Waals surface area (Å²) in [5.74, 6) is -0.248. The minimum absolute atomic E-state index is 0.0261. The van der Waals surface area contributed by atoms with Crippen LogP contribution in [0, 0.1) is 10.1 Å². The monoisotopic (exact) mass is 411 g/mol. The molecule has 1 fully saturated rings. The molecule has 1 aliphatic heterocycles. The minimum atomic E-state index is -0.627. The molecule has 0 radical (unpaired) electrons. The number of rotatable bonds is 5. The first-order valence-electron chi connectivity index (χ1n) is 9.82. The molecule has 30 heavy (non-hydrogen) atoms. The summed E-state index contributed by atoms with van der Waals surface area (Å²) >= 11 is 0. The molecule has 0 spiro atoms. The highest BCUT2D eigenvalue weighted by Crippen LogP contribution is 2.27. The summed E-state index contributed by atoms with van der Waals surface area (Å²) in [5, 5.41) is 11.1. The lowest BCUT2D eigenvalue weighted by molar-refractivity contribution is -0.384. The highest BCUT2D eigenvalue weighted by atomic mass is 16.6. The van der Waals surface area contributed by atoms with Crippen LogP contribution in [0.15, 0.2) is 42.5 Å². The van der Waals surface area contributed by atoms with E-state index in [1.165, 1.54) is 24.8 Å². The Morgan fingerprint density at radius 2 is 1.67 bits per heavy atom. The van der Waals surface area contributed by atoms with E-state index in [2.05, 4.69) is 13.8 Å².